The number of nitrogens with one attached hydrogen (secondary N) is 1. The number of halogens is 4. The maximum atomic E-state index is 12.6. The first kappa shape index (κ1) is 16.8. The van der Waals surface area contributed by atoms with Crippen LogP contribution in [0.15, 0.2) is 16.6 Å². The summed E-state index contributed by atoms with van der Waals surface area (Å²) < 4.78 is 30.2. The summed E-state index contributed by atoms with van der Waals surface area (Å²) in [7, 11) is 0. The van der Waals surface area contributed by atoms with Crippen molar-refractivity contribution in [3.05, 3.63) is 21.6 Å². The molecule has 1 aliphatic rings. The van der Waals surface area contributed by atoms with Gasteiger partial charge in [-0.15, -0.1) is 0 Å². The van der Waals surface area contributed by atoms with Crippen LogP contribution >= 0.6 is 27.5 Å². The summed E-state index contributed by atoms with van der Waals surface area (Å²) in [6.45, 7) is -0.610. The second-order valence-corrected chi connectivity index (χ2v) is 6.89. The average Bonchev–Trinajstić information content (AvgIpc) is 2.58. The van der Waals surface area contributed by atoms with Gasteiger partial charge in [-0.3, -0.25) is 0 Å². The number of alkyl halides is 2. The van der Waals surface area contributed by atoms with E-state index in [0.29, 0.717) is 15.2 Å². The van der Waals surface area contributed by atoms with E-state index in [1.165, 1.54) is 6.42 Å². The summed E-state index contributed by atoms with van der Waals surface area (Å²) in [5.41, 5.74) is 0.522. The van der Waals surface area contributed by atoms with Gasteiger partial charge < -0.3 is 10.1 Å². The predicted octanol–water partition coefficient (Wildman–Crippen LogP) is 6.08. The zero-order valence-corrected chi connectivity index (χ0v) is 14.2. The van der Waals surface area contributed by atoms with E-state index in [4.69, 9.17) is 11.6 Å². The van der Waals surface area contributed by atoms with Gasteiger partial charge in [0, 0.05) is 11.1 Å². The van der Waals surface area contributed by atoms with Crippen molar-refractivity contribution < 1.29 is 13.5 Å². The molecule has 2 rings (SSSR count). The highest BCUT2D eigenvalue weighted by molar-refractivity contribution is 9.10. The molecule has 1 saturated carbocycles. The molecule has 2 atom stereocenters. The number of hydrogen-bond donors (Lipinski definition) is 1. The van der Waals surface area contributed by atoms with Crippen molar-refractivity contribution in [2.75, 3.05) is 5.32 Å². The van der Waals surface area contributed by atoms with Crippen molar-refractivity contribution in [2.45, 2.75) is 51.7 Å². The monoisotopic (exact) mass is 381 g/mol. The van der Waals surface area contributed by atoms with Crippen LogP contribution < -0.4 is 10.1 Å². The summed E-state index contributed by atoms with van der Waals surface area (Å²) >= 11 is 9.25. The Morgan fingerprint density at radius 1 is 1.29 bits per heavy atom. The smallest absolute Gasteiger partial charge is 0.387 e. The largest absolute Gasteiger partial charge is 0.431 e. The van der Waals surface area contributed by atoms with E-state index in [1.54, 1.807) is 12.1 Å². The highest BCUT2D eigenvalue weighted by Gasteiger charge is 2.20. The molecule has 0 amide bonds. The minimum Gasteiger partial charge on any atom is -0.431 e. The van der Waals surface area contributed by atoms with Crippen LogP contribution in [-0.2, 0) is 0 Å². The van der Waals surface area contributed by atoms with Crippen LogP contribution in [0.25, 0.3) is 0 Å². The molecule has 0 heterocycles. The Bertz CT molecular complexity index is 487. The molecule has 1 aliphatic carbocycles. The molecule has 0 aromatic heterocycles. The van der Waals surface area contributed by atoms with E-state index in [9.17, 15) is 8.78 Å². The van der Waals surface area contributed by atoms with Gasteiger partial charge in [0.2, 0.25) is 0 Å². The molecule has 1 fully saturated rings. The van der Waals surface area contributed by atoms with Crippen LogP contribution in [0.1, 0.15) is 39.0 Å². The molecule has 0 aliphatic heterocycles. The minimum atomic E-state index is -2.86. The topological polar surface area (TPSA) is 21.3 Å². The highest BCUT2D eigenvalue weighted by Crippen LogP contribution is 2.39. The lowest BCUT2D eigenvalue weighted by Crippen LogP contribution is -2.19. The van der Waals surface area contributed by atoms with Gasteiger partial charge >= 0.3 is 6.61 Å². The van der Waals surface area contributed by atoms with Gasteiger partial charge in [-0.1, -0.05) is 31.4 Å². The zero-order valence-electron chi connectivity index (χ0n) is 11.8. The Morgan fingerprint density at radius 3 is 2.76 bits per heavy atom. The Morgan fingerprint density at radius 2 is 2.05 bits per heavy atom. The molecule has 0 saturated heterocycles. The predicted molar refractivity (Wildman–Crippen MR) is 85.4 cm³/mol. The summed E-state index contributed by atoms with van der Waals surface area (Å²) in [5.74, 6) is 0.839. The van der Waals surface area contributed by atoms with Crippen molar-refractivity contribution in [1.82, 2.24) is 0 Å². The molecule has 2 nitrogen and oxygen atoms in total. The van der Waals surface area contributed by atoms with Gasteiger partial charge in [0.25, 0.3) is 0 Å². The molecule has 0 spiro atoms. The fourth-order valence-electron chi connectivity index (χ4n) is 2.73. The summed E-state index contributed by atoms with van der Waals surface area (Å²) in [6.07, 6.45) is 5.57. The van der Waals surface area contributed by atoms with Crippen LogP contribution in [0.3, 0.4) is 0 Å². The SMILES string of the molecule is CC1CCCC(Nc2cc(Cl)cc(Br)c2OC(F)F)CC1. The van der Waals surface area contributed by atoms with Crippen molar-refractivity contribution in [3.63, 3.8) is 0 Å². The lowest BCUT2D eigenvalue weighted by molar-refractivity contribution is -0.0499. The lowest BCUT2D eigenvalue weighted by Gasteiger charge is -2.21. The van der Waals surface area contributed by atoms with E-state index < -0.39 is 6.61 Å². The van der Waals surface area contributed by atoms with Gasteiger partial charge in [-0.2, -0.15) is 8.78 Å². The van der Waals surface area contributed by atoms with E-state index in [1.807, 2.05) is 0 Å². The Hall–Kier alpha value is -0.550. The molecule has 21 heavy (non-hydrogen) atoms. The normalized spacial score (nSPS) is 23.0. The summed E-state index contributed by atoms with van der Waals surface area (Å²) in [6, 6.07) is 3.46. The van der Waals surface area contributed by atoms with Gasteiger partial charge in [-0.25, -0.2) is 0 Å². The van der Waals surface area contributed by atoms with Crippen molar-refractivity contribution in [2.24, 2.45) is 5.92 Å². The van der Waals surface area contributed by atoms with Crippen LogP contribution in [-0.4, -0.2) is 12.7 Å². The van der Waals surface area contributed by atoms with E-state index >= 15 is 0 Å². The third kappa shape index (κ3) is 4.99. The Labute approximate surface area is 137 Å². The zero-order chi connectivity index (χ0) is 15.4. The summed E-state index contributed by atoms with van der Waals surface area (Å²) in [5, 5.41) is 3.80. The van der Waals surface area contributed by atoms with E-state index in [-0.39, 0.29) is 11.8 Å². The first-order chi connectivity index (χ1) is 9.95. The van der Waals surface area contributed by atoms with E-state index in [2.05, 4.69) is 32.9 Å². The highest BCUT2D eigenvalue weighted by atomic mass is 79.9. The lowest BCUT2D eigenvalue weighted by atomic mass is 10.0. The average molecular weight is 383 g/mol. The Balaban J connectivity index is 2.17. The second kappa shape index (κ2) is 7.63. The molecule has 1 N–H and O–H groups in total. The first-order valence-electron chi connectivity index (χ1n) is 7.16. The van der Waals surface area contributed by atoms with Crippen molar-refractivity contribution in [1.29, 1.82) is 0 Å². The van der Waals surface area contributed by atoms with Gasteiger partial charge in [0.15, 0.2) is 5.75 Å². The van der Waals surface area contributed by atoms with Crippen LogP contribution in [0.4, 0.5) is 14.5 Å². The maximum absolute atomic E-state index is 12.6. The van der Waals surface area contributed by atoms with Gasteiger partial charge in [0.05, 0.1) is 10.2 Å². The third-order valence-corrected chi connectivity index (χ3v) is 4.64. The van der Waals surface area contributed by atoms with Gasteiger partial charge in [0.1, 0.15) is 0 Å². The molecule has 1 aromatic rings. The minimum absolute atomic E-state index is 0.117. The molecule has 118 valence electrons. The van der Waals surface area contributed by atoms with Gasteiger partial charge in [-0.05, 0) is 53.2 Å². The van der Waals surface area contributed by atoms with E-state index in [0.717, 1.165) is 31.6 Å². The third-order valence-electron chi connectivity index (χ3n) is 3.83. The number of benzene rings is 1. The maximum Gasteiger partial charge on any atom is 0.387 e. The number of hydrogen-bond acceptors (Lipinski definition) is 2. The second-order valence-electron chi connectivity index (χ2n) is 5.60. The number of ether oxygens (including phenoxy) is 1. The summed E-state index contributed by atoms with van der Waals surface area (Å²) in [4.78, 5) is 0. The first-order valence-corrected chi connectivity index (χ1v) is 8.33. The molecular weight excluding hydrogens is 364 g/mol. The molecule has 6 heteroatoms. The van der Waals surface area contributed by atoms with Crippen molar-refractivity contribution in [3.8, 4) is 5.75 Å². The molecule has 2 unspecified atom stereocenters. The van der Waals surface area contributed by atoms with Crippen LogP contribution in [0.5, 0.6) is 5.75 Å². The van der Waals surface area contributed by atoms with Crippen molar-refractivity contribution >= 4 is 33.2 Å². The fourth-order valence-corrected chi connectivity index (χ4v) is 3.63. The van der Waals surface area contributed by atoms with Crippen LogP contribution in [0, 0.1) is 5.92 Å². The number of anilines is 1. The molecule has 1 aromatic carbocycles. The van der Waals surface area contributed by atoms with Crippen LogP contribution in [0.2, 0.25) is 5.02 Å². The Kier molecular flexibility index (Phi) is 6.11. The number of rotatable bonds is 4. The quantitative estimate of drug-likeness (QED) is 0.637. The molecule has 0 radical (unpaired) electrons. The fraction of sp³-hybridized carbons (Fsp3) is 0.600. The molecular formula is C15H19BrClF2NO. The standard InChI is InChI=1S/C15H19BrClF2NO/c1-9-3-2-4-11(6-5-9)20-13-8-10(17)7-12(16)14(13)21-15(18)19/h7-9,11,15,20H,2-6H2,1H3. The molecule has 0 bridgehead atoms.